The van der Waals surface area contributed by atoms with Crippen LogP contribution < -0.4 is 15.4 Å². The number of hydrogen-bond acceptors (Lipinski definition) is 3. The van der Waals surface area contributed by atoms with Crippen LogP contribution >= 0.6 is 0 Å². The SMILES string of the molecule is CCOc1ccccc1N1C2CCC1CC(N)C2. The van der Waals surface area contributed by atoms with Gasteiger partial charge in [-0.2, -0.15) is 0 Å². The molecule has 0 amide bonds. The zero-order chi connectivity index (χ0) is 12.5. The summed E-state index contributed by atoms with van der Waals surface area (Å²) in [4.78, 5) is 2.56. The summed E-state index contributed by atoms with van der Waals surface area (Å²) in [6, 6.07) is 10.0. The van der Waals surface area contributed by atoms with E-state index in [2.05, 4.69) is 23.1 Å². The van der Waals surface area contributed by atoms with Crippen molar-refractivity contribution in [2.75, 3.05) is 11.5 Å². The van der Waals surface area contributed by atoms with E-state index in [1.165, 1.54) is 18.5 Å². The minimum absolute atomic E-state index is 0.387. The van der Waals surface area contributed by atoms with E-state index in [0.717, 1.165) is 25.2 Å². The molecule has 2 atom stereocenters. The van der Waals surface area contributed by atoms with Crippen molar-refractivity contribution in [1.82, 2.24) is 0 Å². The van der Waals surface area contributed by atoms with Crippen LogP contribution in [0.15, 0.2) is 24.3 Å². The van der Waals surface area contributed by atoms with Gasteiger partial charge in [-0.25, -0.2) is 0 Å². The second-order valence-corrected chi connectivity index (χ2v) is 5.42. The third-order valence-corrected chi connectivity index (χ3v) is 4.21. The number of fused-ring (bicyclic) bond motifs is 2. The minimum Gasteiger partial charge on any atom is -0.492 e. The second-order valence-electron chi connectivity index (χ2n) is 5.42. The number of para-hydroxylation sites is 2. The molecule has 2 N–H and O–H groups in total. The van der Waals surface area contributed by atoms with Crippen molar-refractivity contribution in [3.63, 3.8) is 0 Å². The van der Waals surface area contributed by atoms with Gasteiger partial charge in [0.05, 0.1) is 12.3 Å². The summed E-state index contributed by atoms with van der Waals surface area (Å²) >= 11 is 0. The van der Waals surface area contributed by atoms with Gasteiger partial charge in [-0.1, -0.05) is 12.1 Å². The fraction of sp³-hybridized carbons (Fsp3) is 0.600. The smallest absolute Gasteiger partial charge is 0.142 e. The van der Waals surface area contributed by atoms with Crippen LogP contribution in [0.3, 0.4) is 0 Å². The number of piperidine rings is 1. The molecule has 2 fully saturated rings. The van der Waals surface area contributed by atoms with Crippen LogP contribution in [0.25, 0.3) is 0 Å². The number of anilines is 1. The second kappa shape index (κ2) is 4.81. The Hall–Kier alpha value is -1.22. The first-order chi connectivity index (χ1) is 8.79. The third-order valence-electron chi connectivity index (χ3n) is 4.21. The number of benzene rings is 1. The van der Waals surface area contributed by atoms with Gasteiger partial charge in [0, 0.05) is 18.1 Å². The van der Waals surface area contributed by atoms with E-state index in [1.54, 1.807) is 0 Å². The lowest BCUT2D eigenvalue weighted by molar-refractivity contribution is 0.335. The summed E-state index contributed by atoms with van der Waals surface area (Å²) in [6.07, 6.45) is 4.80. The van der Waals surface area contributed by atoms with Gasteiger partial charge in [-0.15, -0.1) is 0 Å². The quantitative estimate of drug-likeness (QED) is 0.890. The van der Waals surface area contributed by atoms with Gasteiger partial charge in [0.15, 0.2) is 0 Å². The largest absolute Gasteiger partial charge is 0.492 e. The standard InChI is InChI=1S/C15H22N2O/c1-2-18-15-6-4-3-5-14(15)17-12-7-8-13(17)10-11(16)9-12/h3-6,11-13H,2,7-10,16H2,1H3. The van der Waals surface area contributed by atoms with Gasteiger partial charge in [0.2, 0.25) is 0 Å². The van der Waals surface area contributed by atoms with Gasteiger partial charge in [-0.3, -0.25) is 0 Å². The molecule has 18 heavy (non-hydrogen) atoms. The fourth-order valence-electron chi connectivity index (χ4n) is 3.56. The molecule has 2 aliphatic rings. The Morgan fingerprint density at radius 3 is 2.56 bits per heavy atom. The molecule has 2 bridgehead atoms. The highest BCUT2D eigenvalue weighted by Crippen LogP contribution is 2.42. The van der Waals surface area contributed by atoms with Crippen molar-refractivity contribution in [3.8, 4) is 5.75 Å². The average molecular weight is 246 g/mol. The Kier molecular flexibility index (Phi) is 3.16. The molecule has 3 rings (SSSR count). The van der Waals surface area contributed by atoms with Gasteiger partial charge in [-0.05, 0) is 44.7 Å². The zero-order valence-corrected chi connectivity index (χ0v) is 11.0. The van der Waals surface area contributed by atoms with E-state index >= 15 is 0 Å². The van der Waals surface area contributed by atoms with Crippen molar-refractivity contribution in [1.29, 1.82) is 0 Å². The van der Waals surface area contributed by atoms with E-state index < -0.39 is 0 Å². The summed E-state index contributed by atoms with van der Waals surface area (Å²) in [7, 11) is 0. The summed E-state index contributed by atoms with van der Waals surface area (Å²) in [5, 5.41) is 0. The highest BCUT2D eigenvalue weighted by atomic mass is 16.5. The van der Waals surface area contributed by atoms with Gasteiger partial charge >= 0.3 is 0 Å². The Morgan fingerprint density at radius 2 is 1.89 bits per heavy atom. The van der Waals surface area contributed by atoms with Gasteiger partial charge in [0.1, 0.15) is 5.75 Å². The molecule has 3 heteroatoms. The van der Waals surface area contributed by atoms with Crippen LogP contribution in [0.1, 0.15) is 32.6 Å². The first kappa shape index (κ1) is 11.8. The maximum Gasteiger partial charge on any atom is 0.142 e. The minimum atomic E-state index is 0.387. The van der Waals surface area contributed by atoms with E-state index in [0.29, 0.717) is 18.1 Å². The third kappa shape index (κ3) is 1.97. The predicted octanol–water partition coefficient (Wildman–Crippen LogP) is 2.54. The first-order valence-electron chi connectivity index (χ1n) is 7.05. The van der Waals surface area contributed by atoms with E-state index in [-0.39, 0.29) is 0 Å². The summed E-state index contributed by atoms with van der Waals surface area (Å²) in [5.74, 6) is 1.02. The van der Waals surface area contributed by atoms with Crippen molar-refractivity contribution in [2.24, 2.45) is 5.73 Å². The lowest BCUT2D eigenvalue weighted by Crippen LogP contribution is -2.47. The molecular formula is C15H22N2O. The summed E-state index contributed by atoms with van der Waals surface area (Å²) in [5.41, 5.74) is 7.40. The Morgan fingerprint density at radius 1 is 1.22 bits per heavy atom. The molecule has 3 nitrogen and oxygen atoms in total. The topological polar surface area (TPSA) is 38.5 Å². The lowest BCUT2D eigenvalue weighted by Gasteiger charge is -2.40. The highest BCUT2D eigenvalue weighted by Gasteiger charge is 2.40. The van der Waals surface area contributed by atoms with Crippen LogP contribution in [0.5, 0.6) is 5.75 Å². The Bertz CT molecular complexity index is 407. The van der Waals surface area contributed by atoms with Gasteiger partial charge in [0.25, 0.3) is 0 Å². The van der Waals surface area contributed by atoms with Gasteiger partial charge < -0.3 is 15.4 Å². The van der Waals surface area contributed by atoms with Crippen molar-refractivity contribution < 1.29 is 4.74 Å². The number of nitrogens with zero attached hydrogens (tertiary/aromatic N) is 1. The van der Waals surface area contributed by atoms with Crippen LogP contribution in [0.2, 0.25) is 0 Å². The number of ether oxygens (including phenoxy) is 1. The maximum atomic E-state index is 6.13. The van der Waals surface area contributed by atoms with E-state index in [4.69, 9.17) is 10.5 Å². The summed E-state index contributed by atoms with van der Waals surface area (Å²) < 4.78 is 5.77. The van der Waals surface area contributed by atoms with Crippen molar-refractivity contribution in [2.45, 2.75) is 50.7 Å². The Labute approximate surface area is 109 Å². The van der Waals surface area contributed by atoms with E-state index in [1.807, 2.05) is 13.0 Å². The summed E-state index contributed by atoms with van der Waals surface area (Å²) in [6.45, 7) is 2.76. The monoisotopic (exact) mass is 246 g/mol. The average Bonchev–Trinajstić information content (AvgIpc) is 2.63. The molecular weight excluding hydrogens is 224 g/mol. The van der Waals surface area contributed by atoms with Crippen LogP contribution in [-0.4, -0.2) is 24.7 Å². The predicted molar refractivity (Wildman–Crippen MR) is 74.1 cm³/mol. The number of nitrogens with two attached hydrogens (primary N) is 1. The molecule has 1 aromatic rings. The van der Waals surface area contributed by atoms with Crippen LogP contribution in [0, 0.1) is 0 Å². The van der Waals surface area contributed by atoms with Crippen LogP contribution in [0.4, 0.5) is 5.69 Å². The maximum absolute atomic E-state index is 6.13. The Balaban J connectivity index is 1.91. The molecule has 0 radical (unpaired) electrons. The van der Waals surface area contributed by atoms with E-state index in [9.17, 15) is 0 Å². The number of rotatable bonds is 3. The molecule has 0 aliphatic carbocycles. The molecule has 2 saturated heterocycles. The molecule has 0 spiro atoms. The van der Waals surface area contributed by atoms with Crippen molar-refractivity contribution >= 4 is 5.69 Å². The molecule has 2 aliphatic heterocycles. The molecule has 1 aromatic carbocycles. The van der Waals surface area contributed by atoms with Crippen molar-refractivity contribution in [3.05, 3.63) is 24.3 Å². The molecule has 2 unspecified atom stereocenters. The van der Waals surface area contributed by atoms with Crippen LogP contribution in [-0.2, 0) is 0 Å². The molecule has 0 aromatic heterocycles. The molecule has 2 heterocycles. The number of hydrogen-bond donors (Lipinski definition) is 1. The highest BCUT2D eigenvalue weighted by molar-refractivity contribution is 5.61. The first-order valence-corrected chi connectivity index (χ1v) is 7.05. The lowest BCUT2D eigenvalue weighted by atomic mass is 9.97. The zero-order valence-electron chi connectivity index (χ0n) is 11.0. The fourth-order valence-corrected chi connectivity index (χ4v) is 3.56. The normalized spacial score (nSPS) is 30.6. The molecule has 0 saturated carbocycles. The molecule has 98 valence electrons.